The fraction of sp³-hybridized carbons (Fsp3) is 0.600. The van der Waals surface area contributed by atoms with Crippen LogP contribution >= 0.6 is 0 Å². The number of nitrogens with zero attached hydrogens (tertiary/aromatic N) is 1. The van der Waals surface area contributed by atoms with Gasteiger partial charge in [-0.05, 0) is 39.1 Å². The number of hydrogen-bond acceptors (Lipinski definition) is 2. The first-order valence-electron chi connectivity index (χ1n) is 7.02. The second-order valence-corrected chi connectivity index (χ2v) is 5.79. The van der Waals surface area contributed by atoms with Crippen LogP contribution in [0.3, 0.4) is 0 Å². The summed E-state index contributed by atoms with van der Waals surface area (Å²) >= 11 is 0. The third-order valence-corrected chi connectivity index (χ3v) is 4.09. The number of likely N-dealkylation sites (N-methyl/N-ethyl adjacent to an activating group) is 1. The number of nitrogens with one attached hydrogen (secondary N) is 1. The Bertz CT molecular complexity index is 452. The smallest absolute Gasteiger partial charge is 0.241 e. The Labute approximate surface area is 122 Å². The van der Waals surface area contributed by atoms with Crippen molar-refractivity contribution in [2.45, 2.75) is 31.4 Å². The van der Waals surface area contributed by atoms with Crippen LogP contribution in [0.2, 0.25) is 0 Å². The number of alkyl halides is 2. The number of rotatable bonds is 6. The largest absolute Gasteiger partial charge is 0.312 e. The quantitative estimate of drug-likeness (QED) is 0.812. The number of halogens is 4. The summed E-state index contributed by atoms with van der Waals surface area (Å²) in [4.78, 5) is 1.72. The van der Waals surface area contributed by atoms with Crippen molar-refractivity contribution in [1.82, 2.24) is 10.2 Å². The normalized spacial score (nSPS) is 23.4. The summed E-state index contributed by atoms with van der Waals surface area (Å²) in [5.41, 5.74) is 0.0136. The predicted octanol–water partition coefficient (Wildman–Crippen LogP) is 3.20. The van der Waals surface area contributed by atoms with Gasteiger partial charge in [0.1, 0.15) is 11.6 Å². The van der Waals surface area contributed by atoms with Crippen molar-refractivity contribution in [2.24, 2.45) is 5.92 Å². The third-order valence-electron chi connectivity index (χ3n) is 4.09. The van der Waals surface area contributed by atoms with Crippen LogP contribution in [0, 0.1) is 17.6 Å². The Kier molecular flexibility index (Phi) is 5.22. The highest BCUT2D eigenvalue weighted by Crippen LogP contribution is 2.33. The van der Waals surface area contributed by atoms with E-state index in [-0.39, 0.29) is 11.6 Å². The number of hydrogen-bond donors (Lipinski definition) is 1. The van der Waals surface area contributed by atoms with Gasteiger partial charge in [0.05, 0.1) is 6.04 Å². The van der Waals surface area contributed by atoms with E-state index < -0.39 is 30.0 Å². The predicted molar refractivity (Wildman–Crippen MR) is 73.3 cm³/mol. The van der Waals surface area contributed by atoms with E-state index in [1.54, 1.807) is 19.0 Å². The summed E-state index contributed by atoms with van der Waals surface area (Å²) in [5.74, 6) is -1.73. The first kappa shape index (κ1) is 16.2. The van der Waals surface area contributed by atoms with Gasteiger partial charge in [-0.25, -0.2) is 17.6 Å². The Morgan fingerprint density at radius 3 is 2.24 bits per heavy atom. The molecule has 1 aliphatic rings. The van der Waals surface area contributed by atoms with Crippen molar-refractivity contribution < 1.29 is 17.6 Å². The summed E-state index contributed by atoms with van der Waals surface area (Å²) in [6.07, 6.45) is -1.45. The van der Waals surface area contributed by atoms with E-state index >= 15 is 0 Å². The highest BCUT2D eigenvalue weighted by molar-refractivity contribution is 5.23. The van der Waals surface area contributed by atoms with E-state index in [9.17, 15) is 17.6 Å². The van der Waals surface area contributed by atoms with Crippen LogP contribution in [0.1, 0.15) is 24.4 Å². The monoisotopic (exact) mass is 304 g/mol. The molecule has 2 nitrogen and oxygen atoms in total. The van der Waals surface area contributed by atoms with Gasteiger partial charge in [-0.15, -0.1) is 0 Å². The maximum atomic E-state index is 13.9. The minimum Gasteiger partial charge on any atom is -0.312 e. The molecule has 1 atom stereocenters. The average molecular weight is 304 g/mol. The molecule has 2 rings (SSSR count). The lowest BCUT2D eigenvalue weighted by Crippen LogP contribution is -2.46. The van der Waals surface area contributed by atoms with Gasteiger partial charge < -0.3 is 10.2 Å². The summed E-state index contributed by atoms with van der Waals surface area (Å²) in [7, 11) is 3.47. The minimum atomic E-state index is -2.28. The highest BCUT2D eigenvalue weighted by atomic mass is 19.3. The summed E-state index contributed by atoms with van der Waals surface area (Å²) in [5, 5.41) is 3.13. The Hall–Kier alpha value is -1.14. The molecule has 0 spiro atoms. The molecule has 0 saturated heterocycles. The molecular formula is C15H20F4N2. The van der Waals surface area contributed by atoms with Crippen LogP contribution in [-0.4, -0.2) is 38.0 Å². The van der Waals surface area contributed by atoms with Gasteiger partial charge in [0.15, 0.2) is 0 Å². The van der Waals surface area contributed by atoms with E-state index in [1.807, 2.05) is 0 Å². The maximum Gasteiger partial charge on any atom is 0.241 e. The first-order chi connectivity index (χ1) is 9.90. The molecule has 1 fully saturated rings. The molecule has 0 aromatic heterocycles. The topological polar surface area (TPSA) is 15.3 Å². The van der Waals surface area contributed by atoms with Crippen LogP contribution in [0.15, 0.2) is 18.2 Å². The van der Waals surface area contributed by atoms with Crippen molar-refractivity contribution in [2.75, 3.05) is 20.6 Å². The minimum absolute atomic E-state index is 0.00119. The molecule has 0 aliphatic heterocycles. The van der Waals surface area contributed by atoms with Gasteiger partial charge >= 0.3 is 0 Å². The van der Waals surface area contributed by atoms with Gasteiger partial charge in [0.25, 0.3) is 0 Å². The van der Waals surface area contributed by atoms with E-state index in [4.69, 9.17) is 0 Å². The van der Waals surface area contributed by atoms with Crippen molar-refractivity contribution in [3.63, 3.8) is 0 Å². The van der Waals surface area contributed by atoms with Gasteiger partial charge in [-0.2, -0.15) is 0 Å². The van der Waals surface area contributed by atoms with Crippen LogP contribution < -0.4 is 5.32 Å². The Morgan fingerprint density at radius 1 is 1.19 bits per heavy atom. The first-order valence-corrected chi connectivity index (χ1v) is 7.02. The SMILES string of the molecule is CN(C)[C@H](CNC1CC(C(F)F)C1)c1c(F)cccc1F. The molecule has 0 bridgehead atoms. The fourth-order valence-electron chi connectivity index (χ4n) is 2.68. The van der Waals surface area contributed by atoms with E-state index in [0.29, 0.717) is 19.4 Å². The van der Waals surface area contributed by atoms with Gasteiger partial charge in [-0.1, -0.05) is 6.07 Å². The summed E-state index contributed by atoms with van der Waals surface area (Å²) < 4.78 is 52.5. The van der Waals surface area contributed by atoms with Crippen molar-refractivity contribution in [3.8, 4) is 0 Å². The molecule has 1 aromatic rings. The molecule has 1 aliphatic carbocycles. The molecule has 0 amide bonds. The summed E-state index contributed by atoms with van der Waals surface area (Å²) in [6.45, 7) is 0.325. The zero-order chi connectivity index (χ0) is 15.6. The molecule has 1 aromatic carbocycles. The zero-order valence-corrected chi connectivity index (χ0v) is 12.1. The molecule has 0 heterocycles. The van der Waals surface area contributed by atoms with E-state index in [2.05, 4.69) is 5.32 Å². The molecule has 0 unspecified atom stereocenters. The van der Waals surface area contributed by atoms with Crippen LogP contribution in [0.4, 0.5) is 17.6 Å². The number of benzene rings is 1. The lowest BCUT2D eigenvalue weighted by Gasteiger charge is -2.37. The average Bonchev–Trinajstić information content (AvgIpc) is 2.33. The van der Waals surface area contributed by atoms with Crippen LogP contribution in [-0.2, 0) is 0 Å². The van der Waals surface area contributed by atoms with Gasteiger partial charge in [0.2, 0.25) is 6.43 Å². The Morgan fingerprint density at radius 2 is 1.76 bits per heavy atom. The summed E-state index contributed by atoms with van der Waals surface area (Å²) in [6, 6.07) is 3.31. The van der Waals surface area contributed by atoms with Gasteiger partial charge in [-0.3, -0.25) is 0 Å². The molecule has 1 N–H and O–H groups in total. The molecule has 21 heavy (non-hydrogen) atoms. The highest BCUT2D eigenvalue weighted by Gasteiger charge is 2.35. The zero-order valence-electron chi connectivity index (χ0n) is 12.1. The molecular weight excluding hydrogens is 284 g/mol. The Balaban J connectivity index is 1.98. The van der Waals surface area contributed by atoms with E-state index in [1.165, 1.54) is 18.2 Å². The van der Waals surface area contributed by atoms with Crippen LogP contribution in [0.5, 0.6) is 0 Å². The molecule has 6 heteroatoms. The lowest BCUT2D eigenvalue weighted by atomic mass is 9.80. The second kappa shape index (κ2) is 6.75. The third kappa shape index (κ3) is 3.74. The van der Waals surface area contributed by atoms with Crippen molar-refractivity contribution >= 4 is 0 Å². The maximum absolute atomic E-state index is 13.9. The van der Waals surface area contributed by atoms with Crippen LogP contribution in [0.25, 0.3) is 0 Å². The van der Waals surface area contributed by atoms with Crippen molar-refractivity contribution in [3.05, 3.63) is 35.4 Å². The fourth-order valence-corrected chi connectivity index (χ4v) is 2.68. The standard InChI is InChI=1S/C15H20F4N2/c1-21(2)13(14-11(16)4-3-5-12(14)17)8-20-10-6-9(7-10)15(18)19/h3-5,9-10,13,15,20H,6-8H2,1-2H3/t9?,10?,13-/m1/s1. The van der Waals surface area contributed by atoms with Crippen molar-refractivity contribution in [1.29, 1.82) is 0 Å². The molecule has 1 saturated carbocycles. The van der Waals surface area contributed by atoms with E-state index in [0.717, 1.165) is 0 Å². The second-order valence-electron chi connectivity index (χ2n) is 5.79. The van der Waals surface area contributed by atoms with Gasteiger partial charge in [0, 0.05) is 24.1 Å². The molecule has 0 radical (unpaired) electrons. The molecule has 118 valence electrons. The lowest BCUT2D eigenvalue weighted by molar-refractivity contribution is 0.0147.